The van der Waals surface area contributed by atoms with Gasteiger partial charge in [-0.2, -0.15) is 0 Å². The zero-order chi connectivity index (χ0) is 12.8. The van der Waals surface area contributed by atoms with E-state index in [1.165, 1.54) is 31.4 Å². The van der Waals surface area contributed by atoms with Crippen molar-refractivity contribution in [3.63, 3.8) is 0 Å². The predicted molar refractivity (Wildman–Crippen MR) is 62.2 cm³/mol. The molecule has 0 saturated heterocycles. The predicted octanol–water partition coefficient (Wildman–Crippen LogP) is 1.52. The molecule has 0 heterocycles. The summed E-state index contributed by atoms with van der Waals surface area (Å²) in [5.74, 6) is -0.184. The molecule has 0 fully saturated rings. The molecule has 0 unspecified atom stereocenters. The van der Waals surface area contributed by atoms with Crippen molar-refractivity contribution in [2.24, 2.45) is 0 Å². The van der Waals surface area contributed by atoms with Crippen LogP contribution in [0.3, 0.4) is 0 Å². The van der Waals surface area contributed by atoms with Crippen molar-refractivity contribution in [3.8, 4) is 5.75 Å². The number of benzene rings is 1. The van der Waals surface area contributed by atoms with Crippen LogP contribution >= 0.6 is 0 Å². The first kappa shape index (κ1) is 12.7. The number of nitrogens with zero attached hydrogens (tertiary/aromatic N) is 1. The van der Waals surface area contributed by atoms with E-state index in [2.05, 4.69) is 11.9 Å². The van der Waals surface area contributed by atoms with Crippen LogP contribution in [0.15, 0.2) is 30.9 Å². The Morgan fingerprint density at radius 2 is 2.35 bits per heavy atom. The number of nitro benzene ring substituents is 1. The average molecular weight is 236 g/mol. The summed E-state index contributed by atoms with van der Waals surface area (Å²) in [4.78, 5) is 21.8. The maximum Gasteiger partial charge on any atom is 0.285 e. The number of nitro groups is 1. The third kappa shape index (κ3) is 3.04. The number of amides is 1. The van der Waals surface area contributed by atoms with Gasteiger partial charge in [0.15, 0.2) is 0 Å². The van der Waals surface area contributed by atoms with E-state index in [1.54, 1.807) is 0 Å². The van der Waals surface area contributed by atoms with E-state index in [-0.39, 0.29) is 17.8 Å². The number of ether oxygens (including phenoxy) is 1. The summed E-state index contributed by atoms with van der Waals surface area (Å²) >= 11 is 0. The first-order chi connectivity index (χ1) is 8.10. The van der Waals surface area contributed by atoms with Gasteiger partial charge in [-0.1, -0.05) is 6.08 Å². The maximum atomic E-state index is 11.6. The molecule has 0 atom stereocenters. The summed E-state index contributed by atoms with van der Waals surface area (Å²) in [7, 11) is 1.40. The minimum atomic E-state index is -0.620. The summed E-state index contributed by atoms with van der Waals surface area (Å²) in [6.07, 6.45) is 1.49. The molecule has 0 aromatic heterocycles. The Morgan fingerprint density at radius 3 is 2.88 bits per heavy atom. The van der Waals surface area contributed by atoms with Crippen LogP contribution in [0.1, 0.15) is 10.4 Å². The molecule has 1 amide bonds. The molecule has 0 aliphatic heterocycles. The third-order valence-electron chi connectivity index (χ3n) is 2.05. The minimum Gasteiger partial charge on any atom is -0.497 e. The van der Waals surface area contributed by atoms with Crippen LogP contribution in [0, 0.1) is 10.1 Å². The Kier molecular flexibility index (Phi) is 4.21. The Bertz CT molecular complexity index is 457. The smallest absolute Gasteiger partial charge is 0.285 e. The molecule has 0 aliphatic carbocycles. The number of rotatable bonds is 5. The highest BCUT2D eigenvalue weighted by Gasteiger charge is 2.20. The fourth-order valence-electron chi connectivity index (χ4n) is 1.24. The molecule has 1 N–H and O–H groups in total. The molecule has 6 heteroatoms. The Balaban J connectivity index is 3.09. The Hall–Kier alpha value is -2.37. The highest BCUT2D eigenvalue weighted by atomic mass is 16.6. The van der Waals surface area contributed by atoms with Gasteiger partial charge in [0.05, 0.1) is 18.1 Å². The lowest BCUT2D eigenvalue weighted by atomic mass is 10.1. The molecule has 1 aromatic carbocycles. The summed E-state index contributed by atoms with van der Waals surface area (Å²) < 4.78 is 4.87. The average Bonchev–Trinajstić information content (AvgIpc) is 2.35. The van der Waals surface area contributed by atoms with Gasteiger partial charge in [0.25, 0.3) is 11.6 Å². The fraction of sp³-hybridized carbons (Fsp3) is 0.182. The van der Waals surface area contributed by atoms with Gasteiger partial charge in [-0.05, 0) is 12.1 Å². The van der Waals surface area contributed by atoms with Crippen molar-refractivity contribution in [1.29, 1.82) is 0 Å². The van der Waals surface area contributed by atoms with E-state index in [4.69, 9.17) is 4.74 Å². The molecule has 90 valence electrons. The van der Waals surface area contributed by atoms with Crippen molar-refractivity contribution in [2.75, 3.05) is 13.7 Å². The van der Waals surface area contributed by atoms with Crippen molar-refractivity contribution in [2.45, 2.75) is 0 Å². The molecular formula is C11H12N2O4. The second-order valence-corrected chi connectivity index (χ2v) is 3.14. The van der Waals surface area contributed by atoms with E-state index in [1.807, 2.05) is 0 Å². The summed E-state index contributed by atoms with van der Waals surface area (Å²) in [5.41, 5.74) is -0.288. The van der Waals surface area contributed by atoms with Crippen molar-refractivity contribution in [3.05, 3.63) is 46.5 Å². The van der Waals surface area contributed by atoms with Gasteiger partial charge in [0, 0.05) is 6.54 Å². The zero-order valence-corrected chi connectivity index (χ0v) is 9.30. The highest BCUT2D eigenvalue weighted by molar-refractivity contribution is 5.98. The number of carbonyl (C=O) groups is 1. The minimum absolute atomic E-state index is 0.00218. The van der Waals surface area contributed by atoms with Crippen molar-refractivity contribution >= 4 is 11.6 Å². The standard InChI is InChI=1S/C11H12N2O4/c1-3-6-12-11(14)9-5-4-8(17-2)7-10(9)13(15)16/h3-5,7H,1,6H2,2H3,(H,12,14). The van der Waals surface area contributed by atoms with E-state index in [0.29, 0.717) is 5.75 Å². The van der Waals surface area contributed by atoms with Crippen LogP contribution in [-0.4, -0.2) is 24.5 Å². The van der Waals surface area contributed by atoms with Gasteiger partial charge in [-0.25, -0.2) is 0 Å². The second-order valence-electron chi connectivity index (χ2n) is 3.14. The van der Waals surface area contributed by atoms with Gasteiger partial charge < -0.3 is 10.1 Å². The first-order valence-corrected chi connectivity index (χ1v) is 4.81. The molecule has 0 bridgehead atoms. The largest absolute Gasteiger partial charge is 0.497 e. The van der Waals surface area contributed by atoms with Gasteiger partial charge in [0.1, 0.15) is 11.3 Å². The number of methoxy groups -OCH3 is 1. The molecule has 0 radical (unpaired) electrons. The quantitative estimate of drug-likeness (QED) is 0.477. The molecule has 1 rings (SSSR count). The zero-order valence-electron chi connectivity index (χ0n) is 9.30. The van der Waals surface area contributed by atoms with E-state index >= 15 is 0 Å². The summed E-state index contributed by atoms with van der Waals surface area (Å²) in [6.45, 7) is 3.69. The van der Waals surface area contributed by atoms with Gasteiger partial charge in [0.2, 0.25) is 0 Å². The molecule has 0 saturated carbocycles. The van der Waals surface area contributed by atoms with E-state index in [0.717, 1.165) is 0 Å². The normalized spacial score (nSPS) is 9.47. The van der Waals surface area contributed by atoms with Gasteiger partial charge >= 0.3 is 0 Å². The van der Waals surface area contributed by atoms with Crippen LogP contribution in [0.5, 0.6) is 5.75 Å². The lowest BCUT2D eigenvalue weighted by molar-refractivity contribution is -0.385. The van der Waals surface area contributed by atoms with Gasteiger partial charge in [-0.15, -0.1) is 6.58 Å². The SMILES string of the molecule is C=CCNC(=O)c1ccc(OC)cc1[N+](=O)[O-]. The maximum absolute atomic E-state index is 11.6. The monoisotopic (exact) mass is 236 g/mol. The summed E-state index contributed by atoms with van der Waals surface area (Å²) in [6, 6.07) is 4.06. The van der Waals surface area contributed by atoms with Crippen LogP contribution in [-0.2, 0) is 0 Å². The van der Waals surface area contributed by atoms with Crippen LogP contribution in [0.25, 0.3) is 0 Å². The molecule has 17 heavy (non-hydrogen) atoms. The fourth-order valence-corrected chi connectivity index (χ4v) is 1.24. The van der Waals surface area contributed by atoms with Crippen LogP contribution in [0.2, 0.25) is 0 Å². The van der Waals surface area contributed by atoms with E-state index < -0.39 is 10.8 Å². The molecule has 0 aliphatic rings. The highest BCUT2D eigenvalue weighted by Crippen LogP contribution is 2.24. The molecule has 6 nitrogen and oxygen atoms in total. The molecule has 0 spiro atoms. The lowest BCUT2D eigenvalue weighted by Gasteiger charge is -2.05. The Labute approximate surface area is 98.0 Å². The van der Waals surface area contributed by atoms with Crippen LogP contribution in [0.4, 0.5) is 5.69 Å². The third-order valence-corrected chi connectivity index (χ3v) is 2.05. The molecular weight excluding hydrogens is 224 g/mol. The van der Waals surface area contributed by atoms with Crippen molar-refractivity contribution in [1.82, 2.24) is 5.32 Å². The summed E-state index contributed by atoms with van der Waals surface area (Å²) in [5, 5.41) is 13.3. The Morgan fingerprint density at radius 1 is 1.65 bits per heavy atom. The number of carbonyl (C=O) groups excluding carboxylic acids is 1. The van der Waals surface area contributed by atoms with Crippen LogP contribution < -0.4 is 10.1 Å². The van der Waals surface area contributed by atoms with Gasteiger partial charge in [-0.3, -0.25) is 14.9 Å². The first-order valence-electron chi connectivity index (χ1n) is 4.81. The number of hydrogen-bond donors (Lipinski definition) is 1. The van der Waals surface area contributed by atoms with E-state index in [9.17, 15) is 14.9 Å². The second kappa shape index (κ2) is 5.64. The molecule has 1 aromatic rings. The lowest BCUT2D eigenvalue weighted by Crippen LogP contribution is -2.24. The topological polar surface area (TPSA) is 81.5 Å². The van der Waals surface area contributed by atoms with Crippen molar-refractivity contribution < 1.29 is 14.5 Å². The number of hydrogen-bond acceptors (Lipinski definition) is 4. The number of nitrogens with one attached hydrogen (secondary N) is 1.